The maximum atomic E-state index is 13.1. The molecule has 0 amide bonds. The van der Waals surface area contributed by atoms with Crippen LogP contribution >= 0.6 is 0 Å². The second-order valence-electron chi connectivity index (χ2n) is 2.78. The van der Waals surface area contributed by atoms with E-state index in [0.717, 1.165) is 6.07 Å². The van der Waals surface area contributed by atoms with Crippen LogP contribution in [-0.4, -0.2) is 11.1 Å². The van der Waals surface area contributed by atoms with Crippen molar-refractivity contribution < 1.29 is 18.7 Å². The van der Waals surface area contributed by atoms with Crippen LogP contribution in [-0.2, 0) is 6.42 Å². The first-order valence-corrected chi connectivity index (χ1v) is 3.98. The van der Waals surface area contributed by atoms with Crippen LogP contribution in [0.5, 0.6) is 0 Å². The summed E-state index contributed by atoms with van der Waals surface area (Å²) in [5.41, 5.74) is 3.85. The molecule has 0 radical (unpaired) electrons. The van der Waals surface area contributed by atoms with Crippen molar-refractivity contribution in [3.63, 3.8) is 0 Å². The number of anilines is 1. The Morgan fingerprint density at radius 3 is 2.50 bits per heavy atom. The molecule has 0 spiro atoms. The van der Waals surface area contributed by atoms with Crippen molar-refractivity contribution in [2.75, 3.05) is 5.73 Å². The molecule has 0 atom stereocenters. The summed E-state index contributed by atoms with van der Waals surface area (Å²) in [7, 11) is 0. The Kier molecular flexibility index (Phi) is 2.69. The first-order valence-electron chi connectivity index (χ1n) is 3.98. The lowest BCUT2D eigenvalue weighted by atomic mass is 10.1. The number of hydrogen-bond donors (Lipinski definition) is 2. The second kappa shape index (κ2) is 3.61. The molecule has 5 heteroatoms. The molecular formula is C9H9F2NO2. The minimum atomic E-state index is -1.45. The van der Waals surface area contributed by atoms with Crippen LogP contribution in [0.25, 0.3) is 0 Å². The van der Waals surface area contributed by atoms with E-state index < -0.39 is 28.9 Å². The van der Waals surface area contributed by atoms with Gasteiger partial charge in [0.05, 0.1) is 5.56 Å². The molecule has 0 aliphatic rings. The van der Waals surface area contributed by atoms with Gasteiger partial charge in [-0.15, -0.1) is 0 Å². The molecule has 1 aromatic carbocycles. The van der Waals surface area contributed by atoms with Crippen molar-refractivity contribution in [3.8, 4) is 0 Å². The molecule has 0 saturated carbocycles. The largest absolute Gasteiger partial charge is 0.478 e. The van der Waals surface area contributed by atoms with E-state index >= 15 is 0 Å². The number of rotatable bonds is 2. The van der Waals surface area contributed by atoms with Gasteiger partial charge < -0.3 is 10.8 Å². The fraction of sp³-hybridized carbons (Fsp3) is 0.222. The second-order valence-corrected chi connectivity index (χ2v) is 2.78. The number of halogens is 2. The molecule has 76 valence electrons. The van der Waals surface area contributed by atoms with Crippen LogP contribution in [0, 0.1) is 11.6 Å². The molecule has 3 N–H and O–H groups in total. The molecule has 1 rings (SSSR count). The first kappa shape index (κ1) is 10.4. The van der Waals surface area contributed by atoms with Crippen molar-refractivity contribution in [2.24, 2.45) is 0 Å². The summed E-state index contributed by atoms with van der Waals surface area (Å²) in [5, 5.41) is 8.58. The van der Waals surface area contributed by atoms with Crippen LogP contribution in [0.15, 0.2) is 6.07 Å². The Morgan fingerprint density at radius 1 is 1.50 bits per heavy atom. The zero-order valence-electron chi connectivity index (χ0n) is 7.47. The quantitative estimate of drug-likeness (QED) is 0.717. The molecular weight excluding hydrogens is 192 g/mol. The highest BCUT2D eigenvalue weighted by Crippen LogP contribution is 2.23. The average molecular weight is 201 g/mol. The van der Waals surface area contributed by atoms with Crippen LogP contribution in [0.4, 0.5) is 14.5 Å². The minimum absolute atomic E-state index is 0.0984. The standard InChI is InChI=1S/C9H9F2NO2/c1-2-4-3-5(9(13)14)7(11)8(12)6(4)10/h3H,2,12H2,1H3,(H,13,14). The van der Waals surface area contributed by atoms with Gasteiger partial charge in [0, 0.05) is 0 Å². The van der Waals surface area contributed by atoms with Crippen molar-refractivity contribution in [1.29, 1.82) is 0 Å². The minimum Gasteiger partial charge on any atom is -0.478 e. The SMILES string of the molecule is CCc1cc(C(=O)O)c(F)c(N)c1F. The summed E-state index contributed by atoms with van der Waals surface area (Å²) in [6.45, 7) is 1.63. The summed E-state index contributed by atoms with van der Waals surface area (Å²) in [5.74, 6) is -3.55. The number of nitrogens with two attached hydrogens (primary N) is 1. The number of carboxylic acid groups (broad SMARTS) is 1. The smallest absolute Gasteiger partial charge is 0.338 e. The maximum Gasteiger partial charge on any atom is 0.338 e. The van der Waals surface area contributed by atoms with E-state index in [1.807, 2.05) is 0 Å². The number of hydrogen-bond acceptors (Lipinski definition) is 2. The number of nitrogen functional groups attached to an aromatic ring is 1. The molecule has 1 aromatic rings. The first-order chi connectivity index (χ1) is 6.49. The van der Waals surface area contributed by atoms with Gasteiger partial charge in [-0.25, -0.2) is 13.6 Å². The number of carbonyl (C=O) groups is 1. The van der Waals surface area contributed by atoms with E-state index in [1.54, 1.807) is 6.92 Å². The zero-order valence-corrected chi connectivity index (χ0v) is 7.47. The Morgan fingerprint density at radius 2 is 2.07 bits per heavy atom. The summed E-state index contributed by atoms with van der Waals surface area (Å²) in [6.07, 6.45) is 0.261. The van der Waals surface area contributed by atoms with E-state index in [4.69, 9.17) is 10.8 Å². The van der Waals surface area contributed by atoms with Crippen LogP contribution in [0.3, 0.4) is 0 Å². The fourth-order valence-corrected chi connectivity index (χ4v) is 1.13. The van der Waals surface area contributed by atoms with E-state index in [9.17, 15) is 13.6 Å². The topological polar surface area (TPSA) is 63.3 Å². The van der Waals surface area contributed by atoms with Crippen LogP contribution in [0.1, 0.15) is 22.8 Å². The Hall–Kier alpha value is -1.65. The fourth-order valence-electron chi connectivity index (χ4n) is 1.13. The third-order valence-corrected chi connectivity index (χ3v) is 1.92. The molecule has 3 nitrogen and oxygen atoms in total. The summed E-state index contributed by atoms with van der Waals surface area (Å²) in [4.78, 5) is 10.5. The third-order valence-electron chi connectivity index (χ3n) is 1.92. The van der Waals surface area contributed by atoms with E-state index in [1.165, 1.54) is 0 Å². The van der Waals surface area contributed by atoms with Gasteiger partial charge in [-0.1, -0.05) is 6.92 Å². The Balaban J connectivity index is 3.48. The van der Waals surface area contributed by atoms with Gasteiger partial charge in [0.2, 0.25) is 0 Å². The van der Waals surface area contributed by atoms with Crippen molar-refractivity contribution in [1.82, 2.24) is 0 Å². The highest BCUT2D eigenvalue weighted by molar-refractivity contribution is 5.89. The normalized spacial score (nSPS) is 10.2. The lowest BCUT2D eigenvalue weighted by Crippen LogP contribution is -2.08. The van der Waals surface area contributed by atoms with Gasteiger partial charge in [0.1, 0.15) is 5.69 Å². The van der Waals surface area contributed by atoms with E-state index in [0.29, 0.717) is 0 Å². The van der Waals surface area contributed by atoms with Crippen molar-refractivity contribution in [3.05, 3.63) is 28.8 Å². The number of benzene rings is 1. The monoisotopic (exact) mass is 201 g/mol. The molecule has 0 aliphatic carbocycles. The summed E-state index contributed by atoms with van der Waals surface area (Å²) in [6, 6.07) is 0.962. The van der Waals surface area contributed by atoms with Gasteiger partial charge in [-0.2, -0.15) is 0 Å². The van der Waals surface area contributed by atoms with Gasteiger partial charge in [0.25, 0.3) is 0 Å². The van der Waals surface area contributed by atoms with Gasteiger partial charge in [-0.05, 0) is 18.1 Å². The Bertz CT molecular complexity index is 391. The lowest BCUT2D eigenvalue weighted by Gasteiger charge is -2.07. The summed E-state index contributed by atoms with van der Waals surface area (Å²) < 4.78 is 26.2. The maximum absolute atomic E-state index is 13.1. The molecule has 0 aliphatic heterocycles. The molecule has 0 bridgehead atoms. The molecule has 0 heterocycles. The van der Waals surface area contributed by atoms with Crippen LogP contribution < -0.4 is 5.73 Å². The predicted octanol–water partition coefficient (Wildman–Crippen LogP) is 1.81. The lowest BCUT2D eigenvalue weighted by molar-refractivity contribution is 0.0692. The molecule has 14 heavy (non-hydrogen) atoms. The third kappa shape index (κ3) is 1.53. The molecule has 0 unspecified atom stereocenters. The van der Waals surface area contributed by atoms with Gasteiger partial charge in [0.15, 0.2) is 11.6 Å². The zero-order chi connectivity index (χ0) is 10.9. The predicted molar refractivity (Wildman–Crippen MR) is 47.1 cm³/mol. The number of aromatic carboxylic acids is 1. The number of aryl methyl sites for hydroxylation is 1. The van der Waals surface area contributed by atoms with Crippen molar-refractivity contribution >= 4 is 11.7 Å². The highest BCUT2D eigenvalue weighted by Gasteiger charge is 2.19. The van der Waals surface area contributed by atoms with E-state index in [2.05, 4.69) is 0 Å². The summed E-state index contributed by atoms with van der Waals surface area (Å²) >= 11 is 0. The molecule has 0 aromatic heterocycles. The molecule has 0 saturated heterocycles. The van der Waals surface area contributed by atoms with Gasteiger partial charge >= 0.3 is 5.97 Å². The van der Waals surface area contributed by atoms with Gasteiger partial charge in [-0.3, -0.25) is 0 Å². The number of carboxylic acids is 1. The van der Waals surface area contributed by atoms with E-state index in [-0.39, 0.29) is 12.0 Å². The average Bonchev–Trinajstić information content (AvgIpc) is 2.14. The highest BCUT2D eigenvalue weighted by atomic mass is 19.1. The van der Waals surface area contributed by atoms with Crippen LogP contribution in [0.2, 0.25) is 0 Å². The Labute approximate surface area is 79.2 Å². The van der Waals surface area contributed by atoms with Crippen molar-refractivity contribution in [2.45, 2.75) is 13.3 Å². The molecule has 0 fully saturated rings.